The van der Waals surface area contributed by atoms with E-state index < -0.39 is 53.2 Å². The number of para-hydroxylation sites is 1. The highest BCUT2D eigenvalue weighted by atomic mass is 19.2. The Bertz CT molecular complexity index is 1360. The topological polar surface area (TPSA) is 86.7 Å². The number of aliphatic imine (C=N–C) groups is 1. The number of halogens is 4. The van der Waals surface area contributed by atoms with Crippen molar-refractivity contribution in [2.45, 2.75) is 25.0 Å². The van der Waals surface area contributed by atoms with Gasteiger partial charge in [-0.05, 0) is 18.9 Å². The van der Waals surface area contributed by atoms with E-state index >= 15 is 0 Å². The first kappa shape index (κ1) is 23.5. The van der Waals surface area contributed by atoms with Gasteiger partial charge in [0.2, 0.25) is 23.7 Å². The first-order valence-electron chi connectivity index (χ1n) is 11.2. The first-order valence-corrected chi connectivity index (χ1v) is 11.2. The maximum absolute atomic E-state index is 14.4. The van der Waals surface area contributed by atoms with E-state index in [1.807, 2.05) is 6.07 Å². The van der Waals surface area contributed by atoms with Gasteiger partial charge in [0.1, 0.15) is 11.7 Å². The van der Waals surface area contributed by atoms with Crippen molar-refractivity contribution in [3.8, 4) is 0 Å². The molecule has 2 aliphatic heterocycles. The van der Waals surface area contributed by atoms with Gasteiger partial charge in [-0.2, -0.15) is 22.5 Å². The maximum Gasteiger partial charge on any atom is 0.269 e. The highest BCUT2D eigenvalue weighted by Crippen LogP contribution is 2.32. The Kier molecular flexibility index (Phi) is 6.13. The van der Waals surface area contributed by atoms with E-state index in [1.54, 1.807) is 48.5 Å². The number of carbonyl (C=O) groups excluding carboxylic acids is 2. The zero-order valence-corrected chi connectivity index (χ0v) is 18.6. The van der Waals surface area contributed by atoms with Crippen LogP contribution in [0.15, 0.2) is 59.6 Å². The predicted octanol–water partition coefficient (Wildman–Crippen LogP) is 3.54. The third kappa shape index (κ3) is 4.16. The molecule has 2 N–H and O–H groups in total. The van der Waals surface area contributed by atoms with Crippen LogP contribution < -0.4 is 15.5 Å². The molecule has 7 nitrogen and oxygen atoms in total. The van der Waals surface area contributed by atoms with Crippen molar-refractivity contribution in [1.29, 1.82) is 0 Å². The van der Waals surface area contributed by atoms with Gasteiger partial charge in [0.05, 0.1) is 11.4 Å². The highest BCUT2D eigenvalue weighted by molar-refractivity contribution is 6.19. The van der Waals surface area contributed by atoms with E-state index in [0.717, 1.165) is 4.90 Å². The lowest BCUT2D eigenvalue weighted by atomic mass is 10.0. The van der Waals surface area contributed by atoms with Crippen molar-refractivity contribution < 1.29 is 27.2 Å². The van der Waals surface area contributed by atoms with Crippen LogP contribution in [-0.4, -0.2) is 41.3 Å². The van der Waals surface area contributed by atoms with Crippen LogP contribution in [0.3, 0.4) is 0 Å². The van der Waals surface area contributed by atoms with Gasteiger partial charge in [-0.1, -0.05) is 48.5 Å². The van der Waals surface area contributed by atoms with Crippen LogP contribution in [0.5, 0.6) is 0 Å². The first-order chi connectivity index (χ1) is 17.3. The molecule has 0 aliphatic carbocycles. The van der Waals surface area contributed by atoms with Gasteiger partial charge < -0.3 is 15.5 Å². The summed E-state index contributed by atoms with van der Waals surface area (Å²) in [5, 5.41) is 5.26. The van der Waals surface area contributed by atoms with Crippen LogP contribution in [0, 0.1) is 23.5 Å². The molecular formula is C25H19F4N5O2. The molecule has 36 heavy (non-hydrogen) atoms. The molecule has 0 saturated carbocycles. The summed E-state index contributed by atoms with van der Waals surface area (Å²) >= 11 is 0. The molecule has 0 radical (unpaired) electrons. The Balaban J connectivity index is 1.48. The number of hydrogen-bond donors (Lipinski definition) is 2. The molecule has 3 aromatic rings. The van der Waals surface area contributed by atoms with E-state index in [4.69, 9.17) is 0 Å². The molecule has 1 saturated heterocycles. The van der Waals surface area contributed by atoms with E-state index in [2.05, 4.69) is 20.6 Å². The minimum Gasteiger partial charge on any atom is -0.354 e. The van der Waals surface area contributed by atoms with Crippen molar-refractivity contribution in [2.75, 3.05) is 16.8 Å². The number of benzodiazepines with no additional fused rings is 1. The summed E-state index contributed by atoms with van der Waals surface area (Å²) in [7, 11) is 0. The number of hydrogen-bond acceptors (Lipinski definition) is 5. The van der Waals surface area contributed by atoms with Crippen LogP contribution in [-0.2, 0) is 9.59 Å². The van der Waals surface area contributed by atoms with Gasteiger partial charge in [0.25, 0.3) is 17.8 Å². The third-order valence-corrected chi connectivity index (χ3v) is 6.09. The molecule has 2 aromatic carbocycles. The molecule has 2 atom stereocenters. The lowest BCUT2D eigenvalue weighted by Gasteiger charge is -2.27. The standard InChI is InChI=1S/C25H19F4N5O2/c26-17-20(18(27)22(29)32-21(17)28)34-12-6-11-16(34)24(35)33-23-25(36)30-15-10-5-4-9-14(15)19(31-23)13-7-2-1-3-8-13/h1-5,7-10,16,23H,6,11-12H2,(H,30,36)(H,33,35). The number of rotatable bonds is 4. The third-order valence-electron chi connectivity index (χ3n) is 6.09. The summed E-state index contributed by atoms with van der Waals surface area (Å²) < 4.78 is 56.2. The average molecular weight is 497 g/mol. The van der Waals surface area contributed by atoms with E-state index in [-0.39, 0.29) is 13.0 Å². The Hall–Kier alpha value is -4.28. The number of pyridine rings is 1. The molecule has 11 heteroatoms. The van der Waals surface area contributed by atoms with Gasteiger partial charge in [0.15, 0.2) is 0 Å². The molecule has 0 spiro atoms. The Morgan fingerprint density at radius 1 is 0.972 bits per heavy atom. The second-order valence-electron chi connectivity index (χ2n) is 8.31. The van der Waals surface area contributed by atoms with Crippen LogP contribution in [0.4, 0.5) is 28.9 Å². The number of amides is 2. The predicted molar refractivity (Wildman–Crippen MR) is 124 cm³/mol. The van der Waals surface area contributed by atoms with Gasteiger partial charge in [-0.15, -0.1) is 0 Å². The molecule has 184 valence electrons. The van der Waals surface area contributed by atoms with Gasteiger partial charge in [-0.25, -0.2) is 4.99 Å². The monoisotopic (exact) mass is 497 g/mol. The van der Waals surface area contributed by atoms with E-state index in [9.17, 15) is 27.2 Å². The summed E-state index contributed by atoms with van der Waals surface area (Å²) in [6.45, 7) is -0.0321. The van der Waals surface area contributed by atoms with Crippen molar-refractivity contribution in [3.63, 3.8) is 0 Å². The van der Waals surface area contributed by atoms with Crippen molar-refractivity contribution in [2.24, 2.45) is 4.99 Å². The van der Waals surface area contributed by atoms with Crippen LogP contribution in [0.1, 0.15) is 24.0 Å². The lowest BCUT2D eigenvalue weighted by molar-refractivity contribution is -0.127. The molecule has 5 rings (SSSR count). The largest absolute Gasteiger partial charge is 0.354 e. The number of nitrogens with one attached hydrogen (secondary N) is 2. The van der Waals surface area contributed by atoms with Crippen LogP contribution in [0.25, 0.3) is 0 Å². The van der Waals surface area contributed by atoms with Gasteiger partial charge in [-0.3, -0.25) is 9.59 Å². The molecule has 0 bridgehead atoms. The molecule has 1 fully saturated rings. The molecule has 1 aromatic heterocycles. The summed E-state index contributed by atoms with van der Waals surface area (Å²) in [6.07, 6.45) is -0.910. The zero-order valence-electron chi connectivity index (χ0n) is 18.6. The van der Waals surface area contributed by atoms with Crippen molar-refractivity contribution in [3.05, 3.63) is 89.3 Å². The molecule has 2 unspecified atom stereocenters. The quantitative estimate of drug-likeness (QED) is 0.427. The zero-order chi connectivity index (χ0) is 25.4. The summed E-state index contributed by atoms with van der Waals surface area (Å²) in [5.74, 6) is -8.40. The Labute approximate surface area is 202 Å². The number of nitrogens with zero attached hydrogens (tertiary/aromatic N) is 3. The molecule has 2 aliphatic rings. The van der Waals surface area contributed by atoms with Gasteiger partial charge in [0, 0.05) is 17.7 Å². The number of benzene rings is 2. The fourth-order valence-electron chi connectivity index (χ4n) is 4.45. The fraction of sp³-hybridized carbons (Fsp3) is 0.200. The highest BCUT2D eigenvalue weighted by Gasteiger charge is 2.38. The fourth-order valence-corrected chi connectivity index (χ4v) is 4.45. The summed E-state index contributed by atoms with van der Waals surface area (Å²) in [4.78, 5) is 34.2. The summed E-state index contributed by atoms with van der Waals surface area (Å²) in [6, 6.07) is 14.9. The maximum atomic E-state index is 14.4. The minimum absolute atomic E-state index is 0.0321. The van der Waals surface area contributed by atoms with Crippen molar-refractivity contribution >= 4 is 28.9 Å². The number of aromatic nitrogens is 1. The number of anilines is 2. The van der Waals surface area contributed by atoms with Gasteiger partial charge >= 0.3 is 0 Å². The lowest BCUT2D eigenvalue weighted by Crippen LogP contribution is -2.50. The van der Waals surface area contributed by atoms with Crippen LogP contribution in [0.2, 0.25) is 0 Å². The minimum atomic E-state index is -1.81. The van der Waals surface area contributed by atoms with Crippen LogP contribution >= 0.6 is 0 Å². The molecular weight excluding hydrogens is 478 g/mol. The van der Waals surface area contributed by atoms with E-state index in [0.29, 0.717) is 28.9 Å². The average Bonchev–Trinajstić information content (AvgIpc) is 3.31. The molecule has 3 heterocycles. The van der Waals surface area contributed by atoms with E-state index in [1.165, 1.54) is 0 Å². The Morgan fingerprint density at radius 3 is 2.36 bits per heavy atom. The molecule has 2 amide bonds. The second kappa shape index (κ2) is 9.40. The number of carbonyl (C=O) groups is 2. The Morgan fingerprint density at radius 2 is 1.64 bits per heavy atom. The second-order valence-corrected chi connectivity index (χ2v) is 8.31. The smallest absolute Gasteiger partial charge is 0.269 e. The van der Waals surface area contributed by atoms with Crippen molar-refractivity contribution in [1.82, 2.24) is 10.3 Å². The number of fused-ring (bicyclic) bond motifs is 1. The SMILES string of the molecule is O=C1Nc2ccccc2C(c2ccccc2)=NC1NC(=O)C1CCCN1c1c(F)c(F)nc(F)c1F. The summed E-state index contributed by atoms with van der Waals surface area (Å²) in [5.41, 5.74) is 1.28. The normalized spacial score (nSPS) is 19.3.